The molecular weight excluding hydrogens is 501 g/mol. The third kappa shape index (κ3) is 8.01. The van der Waals surface area contributed by atoms with Gasteiger partial charge in [-0.15, -0.1) is 0 Å². The third-order valence-corrected chi connectivity index (χ3v) is 5.30. The molecule has 0 aliphatic rings. The van der Waals surface area contributed by atoms with Gasteiger partial charge in [0.1, 0.15) is 31.1 Å². The number of alkyl halides is 3. The molecule has 2 aromatic carbocycles. The topological polar surface area (TPSA) is 96.0 Å². The first-order valence-corrected chi connectivity index (χ1v) is 11.6. The molecule has 3 aromatic rings. The van der Waals surface area contributed by atoms with Crippen LogP contribution in [-0.4, -0.2) is 70.4 Å². The number of rotatable bonds is 14. The van der Waals surface area contributed by atoms with E-state index in [1.807, 2.05) is 0 Å². The van der Waals surface area contributed by atoms with Gasteiger partial charge in [-0.1, -0.05) is 0 Å². The van der Waals surface area contributed by atoms with Crippen LogP contribution in [0.3, 0.4) is 0 Å². The fourth-order valence-corrected chi connectivity index (χ4v) is 3.61. The molecular formula is C23H27F3N4O5S. The van der Waals surface area contributed by atoms with E-state index in [1.165, 1.54) is 24.3 Å². The van der Waals surface area contributed by atoms with Crippen LogP contribution >= 0.6 is 11.9 Å². The highest BCUT2D eigenvalue weighted by molar-refractivity contribution is 7.97. The number of nitrogens with zero attached hydrogens (tertiary/aromatic N) is 2. The molecule has 13 heteroatoms. The van der Waals surface area contributed by atoms with Gasteiger partial charge in [-0.2, -0.15) is 13.2 Å². The molecule has 9 nitrogen and oxygen atoms in total. The van der Waals surface area contributed by atoms with Crippen LogP contribution in [-0.2, 0) is 9.47 Å². The number of methoxy groups -OCH3 is 2. The van der Waals surface area contributed by atoms with Crippen molar-refractivity contribution in [1.82, 2.24) is 14.7 Å². The minimum Gasteiger partial charge on any atom is -0.487 e. The number of hydrogen-bond acceptors (Lipinski definition) is 10. The molecule has 0 atom stereocenters. The van der Waals surface area contributed by atoms with Gasteiger partial charge in [0.25, 0.3) is 0 Å². The van der Waals surface area contributed by atoms with E-state index in [9.17, 15) is 13.2 Å². The number of hydrogen-bond donors (Lipinski definition) is 2. The van der Waals surface area contributed by atoms with Gasteiger partial charge in [-0.25, -0.2) is 9.97 Å². The van der Waals surface area contributed by atoms with Crippen molar-refractivity contribution in [1.29, 1.82) is 0 Å². The fourth-order valence-electron chi connectivity index (χ4n) is 3.06. The van der Waals surface area contributed by atoms with Gasteiger partial charge in [-0.3, -0.25) is 4.72 Å². The van der Waals surface area contributed by atoms with E-state index >= 15 is 0 Å². The van der Waals surface area contributed by atoms with Crippen molar-refractivity contribution in [3.63, 3.8) is 0 Å². The van der Waals surface area contributed by atoms with Crippen molar-refractivity contribution in [2.75, 3.05) is 59.6 Å². The maximum absolute atomic E-state index is 12.8. The summed E-state index contributed by atoms with van der Waals surface area (Å²) in [7, 11) is 4.87. The second-order valence-corrected chi connectivity index (χ2v) is 8.30. The quantitative estimate of drug-likeness (QED) is 0.228. The highest BCUT2D eigenvalue weighted by atomic mass is 32.2. The third-order valence-electron chi connectivity index (χ3n) is 4.61. The van der Waals surface area contributed by atoms with Crippen molar-refractivity contribution >= 4 is 34.4 Å². The fraction of sp³-hybridized carbons (Fsp3) is 0.391. The maximum Gasteiger partial charge on any atom is 0.422 e. The first-order valence-electron chi connectivity index (χ1n) is 10.8. The zero-order valence-electron chi connectivity index (χ0n) is 20.0. The average molecular weight is 529 g/mol. The van der Waals surface area contributed by atoms with Crippen LogP contribution in [0.2, 0.25) is 0 Å². The van der Waals surface area contributed by atoms with E-state index in [0.717, 1.165) is 4.90 Å². The van der Waals surface area contributed by atoms with Gasteiger partial charge in [0.15, 0.2) is 18.1 Å². The highest BCUT2D eigenvalue weighted by Crippen LogP contribution is 2.37. The smallest absolute Gasteiger partial charge is 0.422 e. The molecule has 196 valence electrons. The monoisotopic (exact) mass is 528 g/mol. The standard InChI is InChI=1S/C23H27F3N4O5S/c1-27-36-15-4-5-19(35-13-23(24,25)26)18(10-15)30-22-16-11-20(33-8-6-31-2)21(34-9-7-32-3)12-17(16)28-14-29-22/h4-5,10-12,14,27H,6-9,13H2,1-3H3,(H,28,29,30). The number of anilines is 2. The molecule has 0 aliphatic heterocycles. The van der Waals surface area contributed by atoms with Crippen LogP contribution in [0.15, 0.2) is 41.6 Å². The SMILES string of the molecule is CNSc1ccc(OCC(F)(F)F)c(Nc2ncnc3cc(OCCOC)c(OCCOC)cc23)c1. The van der Waals surface area contributed by atoms with E-state index in [2.05, 4.69) is 20.0 Å². The molecule has 36 heavy (non-hydrogen) atoms. The predicted octanol–water partition coefficient (Wildman–Crippen LogP) is 4.59. The van der Waals surface area contributed by atoms with Crippen LogP contribution in [0.1, 0.15) is 0 Å². The molecule has 0 bridgehead atoms. The van der Waals surface area contributed by atoms with Crippen LogP contribution in [0, 0.1) is 0 Å². The Hall–Kier alpha value is -3.00. The summed E-state index contributed by atoms with van der Waals surface area (Å²) in [6.07, 6.45) is -3.14. The molecule has 0 saturated heterocycles. The van der Waals surface area contributed by atoms with Crippen molar-refractivity contribution in [2.24, 2.45) is 0 Å². The molecule has 0 spiro atoms. The largest absolute Gasteiger partial charge is 0.487 e. The Morgan fingerprint density at radius 1 is 0.861 bits per heavy atom. The molecule has 3 rings (SSSR count). The lowest BCUT2D eigenvalue weighted by molar-refractivity contribution is -0.153. The molecule has 0 fully saturated rings. The van der Waals surface area contributed by atoms with Crippen LogP contribution in [0.5, 0.6) is 17.2 Å². The molecule has 1 heterocycles. The molecule has 0 amide bonds. The summed E-state index contributed by atoms with van der Waals surface area (Å²) in [6.45, 7) is -0.105. The van der Waals surface area contributed by atoms with Gasteiger partial charge in [0, 0.05) is 30.6 Å². The van der Waals surface area contributed by atoms with E-state index < -0.39 is 12.8 Å². The van der Waals surface area contributed by atoms with Crippen molar-refractivity contribution < 1.29 is 36.9 Å². The number of ether oxygens (including phenoxy) is 5. The number of halogens is 3. The Bertz CT molecular complexity index is 1140. The zero-order chi connectivity index (χ0) is 26.0. The first-order chi connectivity index (χ1) is 17.3. The summed E-state index contributed by atoms with van der Waals surface area (Å²) < 4.78 is 68.1. The average Bonchev–Trinajstić information content (AvgIpc) is 2.84. The van der Waals surface area contributed by atoms with Crippen LogP contribution < -0.4 is 24.2 Å². The Morgan fingerprint density at radius 3 is 2.19 bits per heavy atom. The van der Waals surface area contributed by atoms with Crippen molar-refractivity contribution in [2.45, 2.75) is 11.1 Å². The molecule has 2 N–H and O–H groups in total. The van der Waals surface area contributed by atoms with Crippen LogP contribution in [0.25, 0.3) is 10.9 Å². The maximum atomic E-state index is 12.8. The van der Waals surface area contributed by atoms with E-state index in [0.29, 0.717) is 53.7 Å². The number of fused-ring (bicyclic) bond motifs is 1. The van der Waals surface area contributed by atoms with E-state index in [1.54, 1.807) is 45.5 Å². The van der Waals surface area contributed by atoms with Crippen molar-refractivity contribution in [3.8, 4) is 17.2 Å². The number of aromatic nitrogens is 2. The van der Waals surface area contributed by atoms with Gasteiger partial charge >= 0.3 is 6.18 Å². The summed E-state index contributed by atoms with van der Waals surface area (Å²) in [5.74, 6) is 1.27. The lowest BCUT2D eigenvalue weighted by Crippen LogP contribution is -2.19. The normalized spacial score (nSPS) is 11.5. The summed E-state index contributed by atoms with van der Waals surface area (Å²) in [6, 6.07) is 8.20. The lowest BCUT2D eigenvalue weighted by atomic mass is 10.2. The number of nitrogens with one attached hydrogen (secondary N) is 2. The Labute approximate surface area is 210 Å². The molecule has 0 unspecified atom stereocenters. The molecule has 0 radical (unpaired) electrons. The minimum atomic E-state index is -4.48. The molecule has 0 saturated carbocycles. The van der Waals surface area contributed by atoms with Gasteiger partial charge in [0.2, 0.25) is 0 Å². The lowest BCUT2D eigenvalue weighted by Gasteiger charge is -2.17. The second kappa shape index (κ2) is 13.3. The Morgan fingerprint density at radius 2 is 1.56 bits per heavy atom. The zero-order valence-corrected chi connectivity index (χ0v) is 20.8. The Balaban J connectivity index is 1.99. The van der Waals surface area contributed by atoms with Gasteiger partial charge < -0.3 is 29.0 Å². The minimum absolute atomic E-state index is 0.0237. The van der Waals surface area contributed by atoms with Gasteiger partial charge in [-0.05, 0) is 43.3 Å². The highest BCUT2D eigenvalue weighted by Gasteiger charge is 2.29. The summed E-state index contributed by atoms with van der Waals surface area (Å²) >= 11 is 1.30. The molecule has 0 aliphatic carbocycles. The Kier molecular flexibility index (Phi) is 10.2. The van der Waals surface area contributed by atoms with E-state index in [-0.39, 0.29) is 12.4 Å². The predicted molar refractivity (Wildman–Crippen MR) is 130 cm³/mol. The summed E-state index contributed by atoms with van der Waals surface area (Å²) in [4.78, 5) is 9.38. The summed E-state index contributed by atoms with van der Waals surface area (Å²) in [5, 5.41) is 3.66. The first kappa shape index (κ1) is 27.6. The number of benzene rings is 2. The van der Waals surface area contributed by atoms with E-state index in [4.69, 9.17) is 23.7 Å². The van der Waals surface area contributed by atoms with Gasteiger partial charge in [0.05, 0.1) is 24.4 Å². The summed E-state index contributed by atoms with van der Waals surface area (Å²) in [5.41, 5.74) is 0.847. The van der Waals surface area contributed by atoms with Crippen LogP contribution in [0.4, 0.5) is 24.7 Å². The molecule has 1 aromatic heterocycles. The van der Waals surface area contributed by atoms with Crippen molar-refractivity contribution in [3.05, 3.63) is 36.7 Å². The second-order valence-electron chi connectivity index (χ2n) is 7.21.